The average Bonchev–Trinajstić information content (AvgIpc) is 3.85. The monoisotopic (exact) mass is 651 g/mol. The summed E-state index contributed by atoms with van der Waals surface area (Å²) in [6.45, 7) is 7.46. The van der Waals surface area contributed by atoms with Gasteiger partial charge in [-0.1, -0.05) is 81.4 Å². The highest BCUT2D eigenvalue weighted by Gasteiger charge is 2.24. The fourth-order valence-electron chi connectivity index (χ4n) is 7.10. The largest absolute Gasteiger partial charge is 0.457 e. The first-order chi connectivity index (χ1) is 24.4. The fraction of sp³-hybridized carbons (Fsp3) is 0.114. The number of hydrogen-bond donors (Lipinski definition) is 0. The lowest BCUT2D eigenvalue weighted by atomic mass is 9.86. The minimum atomic E-state index is -0.0661. The second-order valence-corrected chi connectivity index (χ2v) is 13.9. The molecule has 50 heavy (non-hydrogen) atoms. The van der Waals surface area contributed by atoms with Crippen LogP contribution in [0.25, 0.3) is 44.3 Å². The third-order valence-electron chi connectivity index (χ3n) is 9.57. The molecule has 6 nitrogen and oxygen atoms in total. The molecule has 0 radical (unpaired) electrons. The smallest absolute Gasteiger partial charge is 0.137 e. The molecule has 244 valence electrons. The first-order valence-electron chi connectivity index (χ1n) is 17.1. The second kappa shape index (κ2) is 11.7. The Labute approximate surface area is 291 Å². The van der Waals surface area contributed by atoms with Crippen LogP contribution in [0.15, 0.2) is 158 Å². The van der Waals surface area contributed by atoms with Gasteiger partial charge in [-0.15, -0.1) is 0 Å². The van der Waals surface area contributed by atoms with Gasteiger partial charge in [0.25, 0.3) is 0 Å². The normalized spacial score (nSPS) is 13.3. The van der Waals surface area contributed by atoms with Crippen LogP contribution in [0, 0.1) is 0 Å². The minimum Gasteiger partial charge on any atom is -0.457 e. The van der Waals surface area contributed by atoms with Gasteiger partial charge in [-0.2, -0.15) is 0 Å². The highest BCUT2D eigenvalue weighted by atomic mass is 16.5. The number of nitrogens with zero attached hydrogens (tertiary/aromatic N) is 5. The van der Waals surface area contributed by atoms with Crippen LogP contribution in [-0.2, 0) is 5.41 Å². The van der Waals surface area contributed by atoms with E-state index in [0.29, 0.717) is 0 Å². The summed E-state index contributed by atoms with van der Waals surface area (Å²) < 4.78 is 11.4. The van der Waals surface area contributed by atoms with Crippen LogP contribution in [0.1, 0.15) is 26.3 Å². The number of para-hydroxylation sites is 3. The molecule has 0 N–H and O–H groups in total. The van der Waals surface area contributed by atoms with E-state index in [0.717, 1.165) is 62.8 Å². The molecule has 0 aliphatic carbocycles. The highest BCUT2D eigenvalue weighted by molar-refractivity contribution is 6.20. The molecule has 0 amide bonds. The Morgan fingerprint density at radius 3 is 1.94 bits per heavy atom. The topological polar surface area (TPSA) is 38.5 Å². The van der Waals surface area contributed by atoms with E-state index in [1.807, 2.05) is 24.4 Å². The van der Waals surface area contributed by atoms with Crippen molar-refractivity contribution in [3.63, 3.8) is 0 Å². The van der Waals surface area contributed by atoms with Gasteiger partial charge < -0.3 is 19.1 Å². The molecule has 1 aliphatic rings. The fourth-order valence-corrected chi connectivity index (χ4v) is 7.10. The average molecular weight is 652 g/mol. The lowest BCUT2D eigenvalue weighted by Gasteiger charge is -2.26. The van der Waals surface area contributed by atoms with Gasteiger partial charge in [-0.25, -0.2) is 4.98 Å². The molecule has 3 aromatic heterocycles. The molecule has 0 unspecified atom stereocenters. The molecule has 4 heterocycles. The number of anilines is 2. The number of fused-ring (bicyclic) bond motifs is 5. The first kappa shape index (κ1) is 29.8. The van der Waals surface area contributed by atoms with Crippen LogP contribution in [-0.4, -0.2) is 20.8 Å². The van der Waals surface area contributed by atoms with Crippen molar-refractivity contribution in [3.05, 3.63) is 164 Å². The van der Waals surface area contributed by atoms with Crippen molar-refractivity contribution in [1.29, 1.82) is 0 Å². The number of aromatic nitrogens is 3. The van der Waals surface area contributed by atoms with Gasteiger partial charge in [0.2, 0.25) is 0 Å². The quantitative estimate of drug-likeness (QED) is 0.179. The SMILES string of the molecule is CC(C)(C)c1cc(Oc2ccc3c(c2)n(-c2ccccn2)c2c4ccccc4n(-c4ccccc4)c32)cc(N2C=CN(c3ccccc3)C2)c1. The maximum atomic E-state index is 6.79. The Balaban J connectivity index is 1.18. The molecular weight excluding hydrogens is 615 g/mol. The van der Waals surface area contributed by atoms with Crippen molar-refractivity contribution >= 4 is 44.2 Å². The van der Waals surface area contributed by atoms with Gasteiger partial charge in [0.1, 0.15) is 17.3 Å². The molecule has 9 rings (SSSR count). The van der Waals surface area contributed by atoms with E-state index < -0.39 is 0 Å². The molecule has 1 aliphatic heterocycles. The molecule has 0 saturated carbocycles. The van der Waals surface area contributed by atoms with Gasteiger partial charge in [0.15, 0.2) is 0 Å². The van der Waals surface area contributed by atoms with E-state index in [9.17, 15) is 0 Å². The molecule has 5 aromatic carbocycles. The number of hydrogen-bond acceptors (Lipinski definition) is 4. The minimum absolute atomic E-state index is 0.0661. The second-order valence-electron chi connectivity index (χ2n) is 13.9. The lowest BCUT2D eigenvalue weighted by Crippen LogP contribution is -2.25. The number of benzene rings is 5. The summed E-state index contributed by atoms with van der Waals surface area (Å²) in [6.07, 6.45) is 6.13. The van der Waals surface area contributed by atoms with Crippen molar-refractivity contribution in [2.75, 3.05) is 16.5 Å². The molecule has 0 saturated heterocycles. The van der Waals surface area contributed by atoms with Crippen LogP contribution in [0.3, 0.4) is 0 Å². The van der Waals surface area contributed by atoms with Crippen molar-refractivity contribution in [1.82, 2.24) is 14.1 Å². The third-order valence-corrected chi connectivity index (χ3v) is 9.57. The number of pyridine rings is 1. The summed E-state index contributed by atoms with van der Waals surface area (Å²) >= 11 is 0. The molecule has 0 atom stereocenters. The van der Waals surface area contributed by atoms with Gasteiger partial charge in [-0.05, 0) is 77.7 Å². The predicted octanol–water partition coefficient (Wildman–Crippen LogP) is 11.0. The molecule has 0 spiro atoms. The van der Waals surface area contributed by atoms with E-state index in [4.69, 9.17) is 9.72 Å². The number of rotatable bonds is 6. The Hall–Kier alpha value is -6.27. The summed E-state index contributed by atoms with van der Waals surface area (Å²) in [5.41, 5.74) is 8.98. The summed E-state index contributed by atoms with van der Waals surface area (Å²) in [5, 5.41) is 2.30. The zero-order valence-corrected chi connectivity index (χ0v) is 28.4. The zero-order valence-electron chi connectivity index (χ0n) is 28.4. The molecular formula is C44H37N5O. The van der Waals surface area contributed by atoms with Gasteiger partial charge in [0.05, 0.1) is 28.7 Å². The molecule has 8 aromatic rings. The van der Waals surface area contributed by atoms with E-state index >= 15 is 0 Å². The molecule has 6 heteroatoms. The summed E-state index contributed by atoms with van der Waals surface area (Å²) in [6, 6.07) is 48.8. The maximum absolute atomic E-state index is 6.79. The van der Waals surface area contributed by atoms with Gasteiger partial charge >= 0.3 is 0 Å². The maximum Gasteiger partial charge on any atom is 0.137 e. The zero-order chi connectivity index (χ0) is 33.8. The molecule has 0 bridgehead atoms. The number of ether oxygens (including phenoxy) is 1. The van der Waals surface area contributed by atoms with E-state index in [-0.39, 0.29) is 5.41 Å². The van der Waals surface area contributed by atoms with Crippen LogP contribution in [0.4, 0.5) is 11.4 Å². The first-order valence-corrected chi connectivity index (χ1v) is 17.1. The summed E-state index contributed by atoms with van der Waals surface area (Å²) in [5.74, 6) is 2.43. The van der Waals surface area contributed by atoms with E-state index in [2.05, 4.69) is 173 Å². The van der Waals surface area contributed by atoms with E-state index in [1.165, 1.54) is 16.6 Å². The van der Waals surface area contributed by atoms with Crippen molar-refractivity contribution < 1.29 is 4.74 Å². The molecule has 0 fully saturated rings. The Morgan fingerprint density at radius 1 is 0.540 bits per heavy atom. The van der Waals surface area contributed by atoms with Crippen molar-refractivity contribution in [3.8, 4) is 23.0 Å². The Morgan fingerprint density at radius 2 is 1.20 bits per heavy atom. The van der Waals surface area contributed by atoms with Gasteiger partial charge in [0, 0.05) is 58.6 Å². The Kier molecular flexibility index (Phi) is 6.99. The summed E-state index contributed by atoms with van der Waals surface area (Å²) in [4.78, 5) is 9.36. The van der Waals surface area contributed by atoms with Gasteiger partial charge in [-0.3, -0.25) is 4.57 Å². The third kappa shape index (κ3) is 5.08. The summed E-state index contributed by atoms with van der Waals surface area (Å²) in [7, 11) is 0. The van der Waals surface area contributed by atoms with Crippen LogP contribution in [0.2, 0.25) is 0 Å². The van der Waals surface area contributed by atoms with E-state index in [1.54, 1.807) is 0 Å². The van der Waals surface area contributed by atoms with Crippen molar-refractivity contribution in [2.24, 2.45) is 0 Å². The predicted molar refractivity (Wildman–Crippen MR) is 206 cm³/mol. The highest BCUT2D eigenvalue weighted by Crippen LogP contribution is 2.42. The van der Waals surface area contributed by atoms with Crippen LogP contribution < -0.4 is 14.5 Å². The van der Waals surface area contributed by atoms with Crippen molar-refractivity contribution in [2.45, 2.75) is 26.2 Å². The van der Waals surface area contributed by atoms with Crippen LogP contribution >= 0.6 is 0 Å². The Bertz CT molecular complexity index is 2530. The lowest BCUT2D eigenvalue weighted by molar-refractivity contribution is 0.479. The van der Waals surface area contributed by atoms with Crippen LogP contribution in [0.5, 0.6) is 11.5 Å². The standard InChI is InChI=1S/C44H37N5O/c1-44(2,3)31-26-34(47-25-24-46(30-47)32-14-6-4-7-15-32)28-36(27-31)50-35-21-22-38-40(29-35)49(41-20-12-13-23-45-41)43-37-18-10-11-19-39(37)48(42(38)43)33-16-8-5-9-17-33/h4-29H,30H2,1-3H3.